The molecule has 0 heterocycles. The Balaban J connectivity index is 2.81. The lowest BCUT2D eigenvalue weighted by Crippen LogP contribution is -2.11. The van der Waals surface area contributed by atoms with Gasteiger partial charge in [0.2, 0.25) is 0 Å². The molecule has 1 aromatic carbocycles. The minimum absolute atomic E-state index is 0.0594. The van der Waals surface area contributed by atoms with Crippen molar-refractivity contribution in [3.05, 3.63) is 24.0 Å². The normalized spacial score (nSPS) is 12.5. The zero-order valence-electron chi connectivity index (χ0n) is 7.88. The predicted octanol–water partition coefficient (Wildman–Crippen LogP) is 2.59. The van der Waals surface area contributed by atoms with E-state index in [-0.39, 0.29) is 11.9 Å². The zero-order valence-corrected chi connectivity index (χ0v) is 7.88. The van der Waals surface area contributed by atoms with Crippen molar-refractivity contribution >= 4 is 5.69 Å². The van der Waals surface area contributed by atoms with Crippen LogP contribution < -0.4 is 10.5 Å². The Kier molecular flexibility index (Phi) is 3.12. The van der Waals surface area contributed by atoms with Crippen LogP contribution in [-0.4, -0.2) is 6.10 Å². The predicted molar refractivity (Wildman–Crippen MR) is 51.2 cm³/mol. The summed E-state index contributed by atoms with van der Waals surface area (Å²) in [5.74, 6) is 0.0989. The molecule has 0 aliphatic heterocycles. The molecular formula is C10H14FNO. The van der Waals surface area contributed by atoms with E-state index < -0.39 is 0 Å². The zero-order chi connectivity index (χ0) is 9.84. The summed E-state index contributed by atoms with van der Waals surface area (Å²) in [6, 6.07) is 4.13. The first-order valence-electron chi connectivity index (χ1n) is 4.35. The molecular weight excluding hydrogens is 169 g/mol. The maximum Gasteiger partial charge on any atom is 0.145 e. The molecule has 0 saturated heterocycles. The highest BCUT2D eigenvalue weighted by Crippen LogP contribution is 2.23. The van der Waals surface area contributed by atoms with Gasteiger partial charge in [-0.05, 0) is 25.5 Å². The number of nitrogen functional groups attached to an aromatic ring is 1. The third kappa shape index (κ3) is 2.61. The van der Waals surface area contributed by atoms with Gasteiger partial charge in [-0.1, -0.05) is 6.92 Å². The van der Waals surface area contributed by atoms with E-state index in [1.807, 2.05) is 13.8 Å². The first kappa shape index (κ1) is 9.84. The lowest BCUT2D eigenvalue weighted by Gasteiger charge is -2.14. The fourth-order valence-electron chi connectivity index (χ4n) is 0.910. The summed E-state index contributed by atoms with van der Waals surface area (Å²) in [6.07, 6.45) is 0.930. The third-order valence-electron chi connectivity index (χ3n) is 1.88. The first-order valence-corrected chi connectivity index (χ1v) is 4.35. The third-order valence-corrected chi connectivity index (χ3v) is 1.88. The molecule has 2 N–H and O–H groups in total. The molecule has 1 aromatic rings. The van der Waals surface area contributed by atoms with Crippen LogP contribution in [0.4, 0.5) is 10.1 Å². The van der Waals surface area contributed by atoms with Gasteiger partial charge in [0, 0.05) is 6.07 Å². The molecule has 0 fully saturated rings. The van der Waals surface area contributed by atoms with Gasteiger partial charge < -0.3 is 10.5 Å². The fraction of sp³-hybridized carbons (Fsp3) is 0.400. The Morgan fingerprint density at radius 1 is 1.54 bits per heavy atom. The van der Waals surface area contributed by atoms with E-state index in [2.05, 4.69) is 0 Å². The highest BCUT2D eigenvalue weighted by atomic mass is 19.1. The molecule has 0 aliphatic carbocycles. The average molecular weight is 183 g/mol. The molecule has 1 unspecified atom stereocenters. The van der Waals surface area contributed by atoms with Crippen molar-refractivity contribution in [2.45, 2.75) is 26.4 Å². The summed E-state index contributed by atoms with van der Waals surface area (Å²) in [5, 5.41) is 0. The quantitative estimate of drug-likeness (QED) is 0.731. The number of ether oxygens (including phenoxy) is 1. The minimum atomic E-state index is -0.326. The molecule has 13 heavy (non-hydrogen) atoms. The van der Waals surface area contributed by atoms with Gasteiger partial charge in [-0.2, -0.15) is 0 Å². The van der Waals surface area contributed by atoms with Crippen molar-refractivity contribution in [1.82, 2.24) is 0 Å². The van der Waals surface area contributed by atoms with Crippen LogP contribution in [-0.2, 0) is 0 Å². The number of benzene rings is 1. The van der Waals surface area contributed by atoms with Gasteiger partial charge in [0.05, 0.1) is 11.8 Å². The summed E-state index contributed by atoms with van der Waals surface area (Å²) in [6.45, 7) is 3.92. The molecule has 0 radical (unpaired) electrons. The molecule has 0 aromatic heterocycles. The molecule has 1 rings (SSSR count). The second-order valence-corrected chi connectivity index (χ2v) is 3.02. The number of hydrogen-bond acceptors (Lipinski definition) is 2. The van der Waals surface area contributed by atoms with E-state index in [0.29, 0.717) is 11.4 Å². The topological polar surface area (TPSA) is 35.2 Å². The van der Waals surface area contributed by atoms with Crippen LogP contribution in [0.1, 0.15) is 20.3 Å². The summed E-state index contributed by atoms with van der Waals surface area (Å²) >= 11 is 0. The summed E-state index contributed by atoms with van der Waals surface area (Å²) in [7, 11) is 0. The second kappa shape index (κ2) is 4.12. The highest BCUT2D eigenvalue weighted by molar-refractivity contribution is 5.52. The van der Waals surface area contributed by atoms with Crippen LogP contribution in [0, 0.1) is 5.82 Å². The Labute approximate surface area is 77.5 Å². The van der Waals surface area contributed by atoms with E-state index in [1.54, 1.807) is 0 Å². The molecule has 2 nitrogen and oxygen atoms in total. The van der Waals surface area contributed by atoms with Crippen LogP contribution in [0.3, 0.4) is 0 Å². The smallest absolute Gasteiger partial charge is 0.145 e. The summed E-state index contributed by atoms with van der Waals surface area (Å²) < 4.78 is 18.2. The lowest BCUT2D eigenvalue weighted by molar-refractivity contribution is 0.218. The first-order chi connectivity index (χ1) is 6.13. The van der Waals surface area contributed by atoms with Gasteiger partial charge in [0.1, 0.15) is 11.6 Å². The Morgan fingerprint density at radius 2 is 2.23 bits per heavy atom. The Morgan fingerprint density at radius 3 is 2.85 bits per heavy atom. The molecule has 1 atom stereocenters. The van der Waals surface area contributed by atoms with Crippen molar-refractivity contribution in [2.75, 3.05) is 5.73 Å². The summed E-state index contributed by atoms with van der Waals surface area (Å²) in [5.41, 5.74) is 6.07. The van der Waals surface area contributed by atoms with Crippen LogP contribution in [0.25, 0.3) is 0 Å². The largest absolute Gasteiger partial charge is 0.488 e. The van der Waals surface area contributed by atoms with Gasteiger partial charge in [-0.25, -0.2) is 4.39 Å². The SMILES string of the molecule is CCC(C)Oc1cc(F)ccc1N. The molecule has 3 heteroatoms. The van der Waals surface area contributed by atoms with Gasteiger partial charge in [0.25, 0.3) is 0 Å². The Bertz CT molecular complexity index is 288. The van der Waals surface area contributed by atoms with Crippen molar-refractivity contribution in [3.8, 4) is 5.75 Å². The molecule has 72 valence electrons. The molecule has 0 bridgehead atoms. The maximum atomic E-state index is 12.8. The van der Waals surface area contributed by atoms with E-state index in [1.165, 1.54) is 18.2 Å². The van der Waals surface area contributed by atoms with Gasteiger partial charge in [-0.15, -0.1) is 0 Å². The minimum Gasteiger partial charge on any atom is -0.488 e. The summed E-state index contributed by atoms with van der Waals surface area (Å²) in [4.78, 5) is 0. The molecule has 0 spiro atoms. The van der Waals surface area contributed by atoms with Gasteiger partial charge >= 0.3 is 0 Å². The standard InChI is InChI=1S/C10H14FNO/c1-3-7(2)13-10-6-8(11)4-5-9(10)12/h4-7H,3,12H2,1-2H3. The van der Waals surface area contributed by atoms with Crippen LogP contribution in [0.15, 0.2) is 18.2 Å². The maximum absolute atomic E-state index is 12.8. The fourth-order valence-corrected chi connectivity index (χ4v) is 0.910. The van der Waals surface area contributed by atoms with Crippen molar-refractivity contribution in [2.24, 2.45) is 0 Å². The van der Waals surface area contributed by atoms with E-state index in [0.717, 1.165) is 6.42 Å². The average Bonchev–Trinajstić information content (AvgIpc) is 2.11. The van der Waals surface area contributed by atoms with E-state index in [9.17, 15) is 4.39 Å². The second-order valence-electron chi connectivity index (χ2n) is 3.02. The highest BCUT2D eigenvalue weighted by Gasteiger charge is 2.05. The lowest BCUT2D eigenvalue weighted by atomic mass is 10.2. The number of hydrogen-bond donors (Lipinski definition) is 1. The monoisotopic (exact) mass is 183 g/mol. The van der Waals surface area contributed by atoms with Gasteiger partial charge in [0.15, 0.2) is 0 Å². The molecule has 0 saturated carbocycles. The van der Waals surface area contributed by atoms with E-state index in [4.69, 9.17) is 10.5 Å². The van der Waals surface area contributed by atoms with E-state index >= 15 is 0 Å². The van der Waals surface area contributed by atoms with Gasteiger partial charge in [-0.3, -0.25) is 0 Å². The number of anilines is 1. The van der Waals surface area contributed by atoms with Crippen molar-refractivity contribution < 1.29 is 9.13 Å². The Hall–Kier alpha value is -1.25. The van der Waals surface area contributed by atoms with Crippen LogP contribution in [0.5, 0.6) is 5.75 Å². The van der Waals surface area contributed by atoms with Crippen molar-refractivity contribution in [1.29, 1.82) is 0 Å². The van der Waals surface area contributed by atoms with Crippen LogP contribution in [0.2, 0.25) is 0 Å². The van der Waals surface area contributed by atoms with Crippen molar-refractivity contribution in [3.63, 3.8) is 0 Å². The number of halogens is 1. The number of nitrogens with two attached hydrogens (primary N) is 1. The number of rotatable bonds is 3. The van der Waals surface area contributed by atoms with Crippen LogP contribution >= 0.6 is 0 Å². The molecule has 0 aliphatic rings. The molecule has 0 amide bonds.